The molecule has 1 aromatic rings. The van der Waals surface area contributed by atoms with Crippen molar-refractivity contribution >= 4 is 23.4 Å². The van der Waals surface area contributed by atoms with Gasteiger partial charge in [0, 0.05) is 13.1 Å². The van der Waals surface area contributed by atoms with Gasteiger partial charge < -0.3 is 20.5 Å². The minimum Gasteiger partial charge on any atom is -0.479 e. The van der Waals surface area contributed by atoms with Crippen molar-refractivity contribution < 1.29 is 24.4 Å². The summed E-state index contributed by atoms with van der Waals surface area (Å²) in [5, 5.41) is 25.6. The number of carboxylic acids is 1. The summed E-state index contributed by atoms with van der Waals surface area (Å²) in [6, 6.07) is 3.88. The van der Waals surface area contributed by atoms with E-state index in [4.69, 9.17) is 4.74 Å². The SMILES string of the molecule is CNc1ccc([C@@](C)(NC(=O)OC(C)(C)C)C(=O)O)cc1[N+](=O)[O-]. The number of amides is 1. The number of ether oxygens (including phenoxy) is 1. The average Bonchev–Trinajstić information content (AvgIpc) is 2.43. The molecule has 0 radical (unpaired) electrons. The van der Waals surface area contributed by atoms with E-state index in [2.05, 4.69) is 10.6 Å². The summed E-state index contributed by atoms with van der Waals surface area (Å²) in [6.07, 6.45) is -0.937. The van der Waals surface area contributed by atoms with Gasteiger partial charge in [-0.25, -0.2) is 9.59 Å². The maximum Gasteiger partial charge on any atom is 0.408 e. The summed E-state index contributed by atoms with van der Waals surface area (Å²) >= 11 is 0. The summed E-state index contributed by atoms with van der Waals surface area (Å²) in [7, 11) is 1.51. The summed E-state index contributed by atoms with van der Waals surface area (Å²) < 4.78 is 5.07. The van der Waals surface area contributed by atoms with E-state index in [-0.39, 0.29) is 16.9 Å². The van der Waals surface area contributed by atoms with Crippen LogP contribution in [0.15, 0.2) is 18.2 Å². The quantitative estimate of drug-likeness (QED) is 0.554. The van der Waals surface area contributed by atoms with Crippen LogP contribution >= 0.6 is 0 Å². The van der Waals surface area contributed by atoms with Crippen molar-refractivity contribution in [2.24, 2.45) is 0 Å². The lowest BCUT2D eigenvalue weighted by atomic mass is 9.91. The Labute approximate surface area is 139 Å². The number of alkyl carbamates (subject to hydrolysis) is 1. The second-order valence-corrected chi connectivity index (χ2v) is 6.30. The van der Waals surface area contributed by atoms with Gasteiger partial charge in [0.05, 0.1) is 4.92 Å². The fourth-order valence-electron chi connectivity index (χ4n) is 1.96. The number of carbonyl (C=O) groups is 2. The highest BCUT2D eigenvalue weighted by Crippen LogP contribution is 2.31. The third-order valence-electron chi connectivity index (χ3n) is 3.22. The van der Waals surface area contributed by atoms with Crippen molar-refractivity contribution in [2.75, 3.05) is 12.4 Å². The second kappa shape index (κ2) is 6.73. The molecular weight excluding hydrogens is 318 g/mol. The molecule has 0 aliphatic heterocycles. The minimum atomic E-state index is -1.89. The molecule has 0 fully saturated rings. The van der Waals surface area contributed by atoms with Crippen LogP contribution in [0.25, 0.3) is 0 Å². The van der Waals surface area contributed by atoms with Gasteiger partial charge in [-0.1, -0.05) is 6.07 Å². The van der Waals surface area contributed by atoms with E-state index in [1.54, 1.807) is 20.8 Å². The number of carbonyl (C=O) groups excluding carboxylic acids is 1. The van der Waals surface area contributed by atoms with E-state index in [0.717, 1.165) is 6.07 Å². The van der Waals surface area contributed by atoms with Crippen molar-refractivity contribution in [2.45, 2.75) is 38.8 Å². The zero-order valence-corrected chi connectivity index (χ0v) is 14.2. The number of rotatable bonds is 5. The molecule has 3 N–H and O–H groups in total. The van der Waals surface area contributed by atoms with Crippen LogP contribution in [0.2, 0.25) is 0 Å². The smallest absolute Gasteiger partial charge is 0.408 e. The van der Waals surface area contributed by atoms with Crippen molar-refractivity contribution in [3.05, 3.63) is 33.9 Å². The number of benzene rings is 1. The Morgan fingerprint density at radius 1 is 1.25 bits per heavy atom. The lowest BCUT2D eigenvalue weighted by Gasteiger charge is -2.29. The first-order chi connectivity index (χ1) is 10.9. The molecule has 0 saturated heterocycles. The molecule has 1 aromatic carbocycles. The topological polar surface area (TPSA) is 131 Å². The molecule has 0 aliphatic carbocycles. The van der Waals surface area contributed by atoms with Crippen molar-refractivity contribution in [3.63, 3.8) is 0 Å². The molecule has 0 unspecified atom stereocenters. The first kappa shape index (κ1) is 19.2. The Hall–Kier alpha value is -2.84. The highest BCUT2D eigenvalue weighted by Gasteiger charge is 2.39. The predicted molar refractivity (Wildman–Crippen MR) is 87.0 cm³/mol. The molecule has 9 heteroatoms. The van der Waals surface area contributed by atoms with Crippen molar-refractivity contribution in [1.82, 2.24) is 5.32 Å². The Balaban J connectivity index is 3.29. The molecule has 0 saturated carbocycles. The standard InChI is InChI=1S/C15H21N3O6/c1-14(2,3)24-13(21)17-15(4,12(19)20)9-6-7-10(16-5)11(8-9)18(22)23/h6-8,16H,1-5H3,(H,17,21)(H,19,20)/t15-/m1/s1. The lowest BCUT2D eigenvalue weighted by Crippen LogP contribution is -2.51. The molecule has 0 aliphatic rings. The van der Waals surface area contributed by atoms with Crippen LogP contribution in [0.4, 0.5) is 16.2 Å². The molecule has 0 bridgehead atoms. The maximum atomic E-state index is 12.0. The van der Waals surface area contributed by atoms with Gasteiger partial charge in [0.2, 0.25) is 0 Å². The Kier molecular flexibility index (Phi) is 5.39. The van der Waals surface area contributed by atoms with Crippen molar-refractivity contribution in [3.8, 4) is 0 Å². The molecule has 0 spiro atoms. The van der Waals surface area contributed by atoms with E-state index in [0.29, 0.717) is 0 Å². The molecule has 0 heterocycles. The number of hydrogen-bond acceptors (Lipinski definition) is 6. The highest BCUT2D eigenvalue weighted by molar-refractivity contribution is 5.86. The van der Waals surface area contributed by atoms with Crippen LogP contribution < -0.4 is 10.6 Å². The molecule has 0 aromatic heterocycles. The first-order valence-electron chi connectivity index (χ1n) is 7.12. The Morgan fingerprint density at radius 2 is 1.83 bits per heavy atom. The van der Waals surface area contributed by atoms with E-state index < -0.39 is 28.1 Å². The van der Waals surface area contributed by atoms with Gasteiger partial charge in [0.1, 0.15) is 11.3 Å². The van der Waals surface area contributed by atoms with Gasteiger partial charge in [-0.2, -0.15) is 0 Å². The predicted octanol–water partition coefficient (Wildman–Crippen LogP) is 2.46. The molecule has 24 heavy (non-hydrogen) atoms. The van der Waals surface area contributed by atoms with E-state index in [1.165, 1.54) is 26.1 Å². The van der Waals surface area contributed by atoms with Crippen LogP contribution in [0.3, 0.4) is 0 Å². The fraction of sp³-hybridized carbons (Fsp3) is 0.467. The normalized spacial score (nSPS) is 13.5. The van der Waals surface area contributed by atoms with Gasteiger partial charge >= 0.3 is 12.1 Å². The number of anilines is 1. The van der Waals surface area contributed by atoms with Crippen LogP contribution in [0.5, 0.6) is 0 Å². The lowest BCUT2D eigenvalue weighted by molar-refractivity contribution is -0.384. The van der Waals surface area contributed by atoms with E-state index in [9.17, 15) is 24.8 Å². The molecule has 9 nitrogen and oxygen atoms in total. The molecular formula is C15H21N3O6. The average molecular weight is 339 g/mol. The largest absolute Gasteiger partial charge is 0.479 e. The molecule has 1 amide bonds. The summed E-state index contributed by atoms with van der Waals surface area (Å²) in [6.45, 7) is 6.14. The number of nitro benzene ring substituents is 1. The van der Waals surface area contributed by atoms with Gasteiger partial charge in [-0.3, -0.25) is 10.1 Å². The molecule has 1 rings (SSSR count). The van der Waals surface area contributed by atoms with Gasteiger partial charge in [-0.05, 0) is 39.3 Å². The summed E-state index contributed by atoms with van der Waals surface area (Å²) in [5.41, 5.74) is -2.72. The monoisotopic (exact) mass is 339 g/mol. The fourth-order valence-corrected chi connectivity index (χ4v) is 1.96. The van der Waals surface area contributed by atoms with Crippen LogP contribution in [-0.2, 0) is 15.1 Å². The third-order valence-corrected chi connectivity index (χ3v) is 3.22. The minimum absolute atomic E-state index is 0.0477. The van der Waals surface area contributed by atoms with E-state index >= 15 is 0 Å². The number of nitrogens with zero attached hydrogens (tertiary/aromatic N) is 1. The van der Waals surface area contributed by atoms with Gasteiger partial charge in [0.25, 0.3) is 5.69 Å². The highest BCUT2D eigenvalue weighted by atomic mass is 16.6. The van der Waals surface area contributed by atoms with E-state index in [1.807, 2.05) is 0 Å². The van der Waals surface area contributed by atoms with Crippen LogP contribution in [-0.4, -0.2) is 34.7 Å². The zero-order valence-electron chi connectivity index (χ0n) is 14.2. The van der Waals surface area contributed by atoms with Gasteiger partial charge in [0.15, 0.2) is 5.54 Å². The third kappa shape index (κ3) is 4.34. The Bertz CT molecular complexity index is 668. The second-order valence-electron chi connectivity index (χ2n) is 6.30. The van der Waals surface area contributed by atoms with Crippen LogP contribution in [0.1, 0.15) is 33.3 Å². The number of carboxylic acid groups (broad SMARTS) is 1. The summed E-state index contributed by atoms with van der Waals surface area (Å²) in [4.78, 5) is 34.2. The molecule has 1 atom stereocenters. The maximum absolute atomic E-state index is 12.0. The first-order valence-corrected chi connectivity index (χ1v) is 7.12. The van der Waals surface area contributed by atoms with Gasteiger partial charge in [-0.15, -0.1) is 0 Å². The number of nitro groups is 1. The Morgan fingerprint density at radius 3 is 2.25 bits per heavy atom. The van der Waals surface area contributed by atoms with Crippen molar-refractivity contribution in [1.29, 1.82) is 0 Å². The number of nitrogens with one attached hydrogen (secondary N) is 2. The zero-order chi connectivity index (χ0) is 18.7. The number of aliphatic carboxylic acids is 1. The summed E-state index contributed by atoms with van der Waals surface area (Å²) in [5.74, 6) is -1.38. The molecule has 132 valence electrons. The number of hydrogen-bond donors (Lipinski definition) is 3. The van der Waals surface area contributed by atoms with Crippen LogP contribution in [0, 0.1) is 10.1 Å².